The van der Waals surface area contributed by atoms with Crippen molar-refractivity contribution in [2.24, 2.45) is 10.9 Å². The SMILES string of the molecule is CCCCCC(C(=O)O)/C(C)=N\C1CCCCC1. The number of aliphatic carboxylic acids is 1. The third-order valence-electron chi connectivity index (χ3n) is 3.86. The van der Waals surface area contributed by atoms with Gasteiger partial charge in [0.2, 0.25) is 0 Å². The van der Waals surface area contributed by atoms with Crippen molar-refractivity contribution in [2.75, 3.05) is 0 Å². The van der Waals surface area contributed by atoms with Crippen LogP contribution in [0.25, 0.3) is 0 Å². The first-order valence-corrected chi connectivity index (χ1v) is 7.42. The summed E-state index contributed by atoms with van der Waals surface area (Å²) >= 11 is 0. The molecule has 3 heteroatoms. The van der Waals surface area contributed by atoms with Crippen LogP contribution >= 0.6 is 0 Å². The molecule has 0 aromatic rings. The maximum atomic E-state index is 11.3. The van der Waals surface area contributed by atoms with E-state index in [0.29, 0.717) is 6.04 Å². The van der Waals surface area contributed by atoms with E-state index in [2.05, 4.69) is 11.9 Å². The zero-order valence-corrected chi connectivity index (χ0v) is 11.8. The lowest BCUT2D eigenvalue weighted by Crippen LogP contribution is -2.24. The number of nitrogens with zero attached hydrogens (tertiary/aromatic N) is 1. The van der Waals surface area contributed by atoms with Gasteiger partial charge in [0.1, 0.15) is 0 Å². The van der Waals surface area contributed by atoms with Crippen LogP contribution in [0.2, 0.25) is 0 Å². The molecular formula is C15H27NO2. The van der Waals surface area contributed by atoms with Crippen molar-refractivity contribution in [3.8, 4) is 0 Å². The van der Waals surface area contributed by atoms with Gasteiger partial charge in [0.15, 0.2) is 0 Å². The Kier molecular flexibility index (Phi) is 6.99. The van der Waals surface area contributed by atoms with E-state index in [9.17, 15) is 9.90 Å². The number of hydrogen-bond acceptors (Lipinski definition) is 2. The number of unbranched alkanes of at least 4 members (excludes halogenated alkanes) is 2. The molecule has 0 aromatic carbocycles. The summed E-state index contributed by atoms with van der Waals surface area (Å²) in [5, 5.41) is 9.29. The number of carbonyl (C=O) groups is 1. The minimum atomic E-state index is -0.705. The Hall–Kier alpha value is -0.860. The highest BCUT2D eigenvalue weighted by Gasteiger charge is 2.22. The van der Waals surface area contributed by atoms with Gasteiger partial charge in [0.05, 0.1) is 5.92 Å². The molecule has 18 heavy (non-hydrogen) atoms. The highest BCUT2D eigenvalue weighted by molar-refractivity contribution is 6.00. The van der Waals surface area contributed by atoms with Crippen molar-refractivity contribution in [1.82, 2.24) is 0 Å². The van der Waals surface area contributed by atoms with Crippen LogP contribution in [0.1, 0.15) is 71.6 Å². The first-order chi connectivity index (χ1) is 8.65. The van der Waals surface area contributed by atoms with E-state index in [4.69, 9.17) is 0 Å². The van der Waals surface area contributed by atoms with Gasteiger partial charge in [-0.15, -0.1) is 0 Å². The van der Waals surface area contributed by atoms with Gasteiger partial charge in [0.25, 0.3) is 0 Å². The van der Waals surface area contributed by atoms with Gasteiger partial charge in [-0.1, -0.05) is 45.4 Å². The summed E-state index contributed by atoms with van der Waals surface area (Å²) in [5.41, 5.74) is 0.838. The van der Waals surface area contributed by atoms with E-state index in [1.165, 1.54) is 19.3 Å². The van der Waals surface area contributed by atoms with Crippen LogP contribution in [-0.2, 0) is 4.79 Å². The van der Waals surface area contributed by atoms with E-state index in [1.807, 2.05) is 6.92 Å². The predicted octanol–water partition coefficient (Wildman–Crippen LogP) is 4.06. The molecule has 1 aliphatic carbocycles. The molecule has 1 N–H and O–H groups in total. The summed E-state index contributed by atoms with van der Waals surface area (Å²) in [6, 6.07) is 0.381. The Morgan fingerprint density at radius 2 is 1.94 bits per heavy atom. The van der Waals surface area contributed by atoms with Gasteiger partial charge in [-0.25, -0.2) is 0 Å². The lowest BCUT2D eigenvalue weighted by molar-refractivity contribution is -0.139. The molecule has 0 heterocycles. The van der Waals surface area contributed by atoms with Crippen LogP contribution in [0.3, 0.4) is 0 Å². The fourth-order valence-corrected chi connectivity index (χ4v) is 2.70. The summed E-state index contributed by atoms with van der Waals surface area (Å²) in [5.74, 6) is -1.07. The highest BCUT2D eigenvalue weighted by Crippen LogP contribution is 2.22. The van der Waals surface area contributed by atoms with Gasteiger partial charge in [-0.2, -0.15) is 0 Å². The van der Waals surface area contributed by atoms with Crippen LogP contribution in [0, 0.1) is 5.92 Å². The summed E-state index contributed by atoms with van der Waals surface area (Å²) < 4.78 is 0. The molecule has 0 aromatic heterocycles. The Morgan fingerprint density at radius 1 is 1.28 bits per heavy atom. The smallest absolute Gasteiger partial charge is 0.312 e. The molecule has 0 spiro atoms. The van der Waals surface area contributed by atoms with Gasteiger partial charge in [0, 0.05) is 11.8 Å². The number of aliphatic imine (C=N–C) groups is 1. The van der Waals surface area contributed by atoms with E-state index in [1.54, 1.807) is 0 Å². The Labute approximate surface area is 111 Å². The minimum Gasteiger partial charge on any atom is -0.481 e. The molecule has 104 valence electrons. The summed E-state index contributed by atoms with van der Waals surface area (Å²) in [6.07, 6.45) is 10.0. The third kappa shape index (κ3) is 5.19. The van der Waals surface area contributed by atoms with Gasteiger partial charge in [-0.05, 0) is 26.2 Å². The standard InChI is InChI=1S/C15H27NO2/c1-3-4-6-11-14(15(17)18)12(2)16-13-9-7-5-8-10-13/h13-14H,3-11H2,1-2H3,(H,17,18)/b16-12-. The molecule has 0 radical (unpaired) electrons. The number of carboxylic acids is 1. The average Bonchev–Trinajstić information content (AvgIpc) is 2.35. The zero-order chi connectivity index (χ0) is 13.4. The van der Waals surface area contributed by atoms with Crippen molar-refractivity contribution in [1.29, 1.82) is 0 Å². The fraction of sp³-hybridized carbons (Fsp3) is 0.867. The monoisotopic (exact) mass is 253 g/mol. The molecule has 0 saturated heterocycles. The summed E-state index contributed by atoms with van der Waals surface area (Å²) in [7, 11) is 0. The maximum Gasteiger partial charge on any atom is 0.312 e. The average molecular weight is 253 g/mol. The van der Waals surface area contributed by atoms with E-state index in [-0.39, 0.29) is 5.92 Å². The van der Waals surface area contributed by atoms with Crippen LogP contribution in [0.15, 0.2) is 4.99 Å². The molecule has 1 unspecified atom stereocenters. The van der Waals surface area contributed by atoms with Crippen LogP contribution in [-0.4, -0.2) is 22.8 Å². The number of rotatable bonds is 7. The topological polar surface area (TPSA) is 49.7 Å². The highest BCUT2D eigenvalue weighted by atomic mass is 16.4. The number of hydrogen-bond donors (Lipinski definition) is 1. The Balaban J connectivity index is 2.53. The molecule has 0 amide bonds. The molecule has 1 aliphatic rings. The fourth-order valence-electron chi connectivity index (χ4n) is 2.70. The summed E-state index contributed by atoms with van der Waals surface area (Å²) in [6.45, 7) is 4.04. The molecule has 3 nitrogen and oxygen atoms in total. The molecule has 1 saturated carbocycles. The van der Waals surface area contributed by atoms with Crippen molar-refractivity contribution in [3.63, 3.8) is 0 Å². The van der Waals surface area contributed by atoms with Gasteiger partial charge in [-0.3, -0.25) is 9.79 Å². The molecule has 0 bridgehead atoms. The second-order valence-corrected chi connectivity index (χ2v) is 5.45. The normalized spacial score (nSPS) is 19.8. The molecule has 1 fully saturated rings. The van der Waals surface area contributed by atoms with E-state index >= 15 is 0 Å². The summed E-state index contributed by atoms with van der Waals surface area (Å²) in [4.78, 5) is 16.0. The predicted molar refractivity (Wildman–Crippen MR) is 75.2 cm³/mol. The first kappa shape index (κ1) is 15.2. The lowest BCUT2D eigenvalue weighted by Gasteiger charge is -2.20. The van der Waals surface area contributed by atoms with Gasteiger partial charge >= 0.3 is 5.97 Å². The Bertz CT molecular complexity index is 280. The first-order valence-electron chi connectivity index (χ1n) is 7.42. The van der Waals surface area contributed by atoms with E-state index < -0.39 is 5.97 Å². The molecule has 1 atom stereocenters. The second-order valence-electron chi connectivity index (χ2n) is 5.45. The third-order valence-corrected chi connectivity index (χ3v) is 3.86. The second kappa shape index (κ2) is 8.28. The Morgan fingerprint density at radius 3 is 2.50 bits per heavy atom. The largest absolute Gasteiger partial charge is 0.481 e. The molecular weight excluding hydrogens is 226 g/mol. The molecule has 0 aliphatic heterocycles. The maximum absolute atomic E-state index is 11.3. The van der Waals surface area contributed by atoms with Crippen LogP contribution in [0.5, 0.6) is 0 Å². The van der Waals surface area contributed by atoms with Crippen molar-refractivity contribution >= 4 is 11.7 Å². The van der Waals surface area contributed by atoms with Crippen molar-refractivity contribution < 1.29 is 9.90 Å². The number of carboxylic acid groups (broad SMARTS) is 1. The van der Waals surface area contributed by atoms with Crippen LogP contribution in [0.4, 0.5) is 0 Å². The van der Waals surface area contributed by atoms with Crippen LogP contribution < -0.4 is 0 Å². The minimum absolute atomic E-state index is 0.363. The van der Waals surface area contributed by atoms with Crippen molar-refractivity contribution in [3.05, 3.63) is 0 Å². The van der Waals surface area contributed by atoms with Crippen molar-refractivity contribution in [2.45, 2.75) is 77.7 Å². The quantitative estimate of drug-likeness (QED) is 0.549. The molecule has 1 rings (SSSR count). The van der Waals surface area contributed by atoms with E-state index in [0.717, 1.165) is 44.2 Å². The zero-order valence-electron chi connectivity index (χ0n) is 11.8. The lowest BCUT2D eigenvalue weighted by atomic mass is 9.93. The van der Waals surface area contributed by atoms with Gasteiger partial charge < -0.3 is 5.11 Å².